The standard InChI is InChI=1S/C32H30F5N5O4/c1-3-5-6-7-14-45-31(43)29(42-18-26-25(17-38-42)39-30(40-26)21-9-8-10-23(33)28(21)34)27-16-24(41-46-27)20-12-11-19(44-13-4-2)15-22(20)32(35,36)37/h8-12,15-18,29H,3-7,13-14H2,1-2H3. The molecule has 0 saturated heterocycles. The van der Waals surface area contributed by atoms with Gasteiger partial charge < -0.3 is 14.0 Å². The Morgan fingerprint density at radius 1 is 0.935 bits per heavy atom. The van der Waals surface area contributed by atoms with Gasteiger partial charge in [-0.15, -0.1) is 0 Å². The number of benzene rings is 2. The van der Waals surface area contributed by atoms with Crippen molar-refractivity contribution in [3.8, 4) is 39.8 Å². The molecule has 3 heterocycles. The van der Waals surface area contributed by atoms with Gasteiger partial charge in [-0.3, -0.25) is 0 Å². The Labute approximate surface area is 260 Å². The first kappa shape index (κ1) is 32.5. The number of carbonyl (C=O) groups excluding carboxylic acids is 1. The lowest BCUT2D eigenvalue weighted by atomic mass is 10.0. The first-order valence-electron chi connectivity index (χ1n) is 14.7. The summed E-state index contributed by atoms with van der Waals surface area (Å²) in [6.45, 7) is 4.21. The van der Waals surface area contributed by atoms with Crippen LogP contribution in [0.4, 0.5) is 22.0 Å². The van der Waals surface area contributed by atoms with Gasteiger partial charge in [-0.25, -0.2) is 28.2 Å². The van der Waals surface area contributed by atoms with E-state index in [0.717, 1.165) is 36.1 Å². The van der Waals surface area contributed by atoms with Crippen LogP contribution in [0.3, 0.4) is 0 Å². The van der Waals surface area contributed by atoms with Crippen LogP contribution in [-0.4, -0.2) is 44.1 Å². The van der Waals surface area contributed by atoms with E-state index in [4.69, 9.17) is 14.0 Å². The lowest BCUT2D eigenvalue weighted by Gasteiger charge is -2.16. The van der Waals surface area contributed by atoms with Crippen molar-refractivity contribution in [3.05, 3.63) is 77.8 Å². The summed E-state index contributed by atoms with van der Waals surface area (Å²) < 4.78 is 88.0. The summed E-state index contributed by atoms with van der Waals surface area (Å²) in [6.07, 6.45) is 1.82. The molecule has 0 radical (unpaired) electrons. The number of fused-ring (bicyclic) bond motifs is 1. The number of imidazole rings is 1. The molecule has 0 N–H and O–H groups in total. The summed E-state index contributed by atoms with van der Waals surface area (Å²) in [6, 6.07) is 6.91. The van der Waals surface area contributed by atoms with Gasteiger partial charge in [0, 0.05) is 11.6 Å². The van der Waals surface area contributed by atoms with Crippen LogP contribution >= 0.6 is 0 Å². The Kier molecular flexibility index (Phi) is 9.93. The Morgan fingerprint density at radius 2 is 1.74 bits per heavy atom. The molecular weight excluding hydrogens is 613 g/mol. The molecule has 0 fully saturated rings. The number of hydrogen-bond acceptors (Lipinski definition) is 8. The van der Waals surface area contributed by atoms with Crippen LogP contribution in [0.25, 0.3) is 34.0 Å². The van der Waals surface area contributed by atoms with Gasteiger partial charge in [-0.2, -0.15) is 18.3 Å². The zero-order valence-electron chi connectivity index (χ0n) is 25.0. The third kappa shape index (κ3) is 7.16. The molecule has 0 aliphatic carbocycles. The van der Waals surface area contributed by atoms with Crippen molar-refractivity contribution in [3.63, 3.8) is 0 Å². The number of esters is 1. The second-order valence-corrected chi connectivity index (χ2v) is 10.5. The van der Waals surface area contributed by atoms with Crippen LogP contribution in [0.2, 0.25) is 0 Å². The highest BCUT2D eigenvalue weighted by molar-refractivity contribution is 5.78. The minimum absolute atomic E-state index is 0.0486. The predicted molar refractivity (Wildman–Crippen MR) is 156 cm³/mol. The van der Waals surface area contributed by atoms with Crippen LogP contribution in [-0.2, 0) is 15.7 Å². The van der Waals surface area contributed by atoms with E-state index in [9.17, 15) is 26.7 Å². The van der Waals surface area contributed by atoms with Crippen molar-refractivity contribution in [2.75, 3.05) is 13.2 Å². The third-order valence-electron chi connectivity index (χ3n) is 7.05. The minimum atomic E-state index is -4.74. The van der Waals surface area contributed by atoms with E-state index < -0.39 is 35.4 Å². The van der Waals surface area contributed by atoms with Crippen LogP contribution in [0.1, 0.15) is 63.3 Å². The molecule has 1 unspecified atom stereocenters. The van der Waals surface area contributed by atoms with Crippen molar-refractivity contribution in [2.24, 2.45) is 0 Å². The molecule has 9 nitrogen and oxygen atoms in total. The topological polar surface area (TPSA) is 105 Å². The number of rotatable bonds is 13. The summed E-state index contributed by atoms with van der Waals surface area (Å²) in [5, 5.41) is 8.11. The van der Waals surface area contributed by atoms with E-state index in [0.29, 0.717) is 12.8 Å². The highest BCUT2D eigenvalue weighted by atomic mass is 19.4. The highest BCUT2D eigenvalue weighted by Gasteiger charge is 2.36. The Bertz CT molecular complexity index is 1770. The summed E-state index contributed by atoms with van der Waals surface area (Å²) in [5.74, 6) is -3.20. The van der Waals surface area contributed by atoms with Gasteiger partial charge in [-0.05, 0) is 43.2 Å². The molecule has 0 spiro atoms. The fraction of sp³-hybridized carbons (Fsp3) is 0.344. The SMILES string of the molecule is CCCCCCOC(=O)C(c1cc(-c2ccc(OCCC)cc2C(F)(F)F)no1)n1cc2nc(-c3cccc(F)c3F)nc-2cn1. The minimum Gasteiger partial charge on any atom is -0.494 e. The Hall–Kier alpha value is -4.88. The van der Waals surface area contributed by atoms with Gasteiger partial charge in [0.15, 0.2) is 23.2 Å². The number of ether oxygens (including phenoxy) is 2. The van der Waals surface area contributed by atoms with E-state index in [-0.39, 0.29) is 58.8 Å². The Morgan fingerprint density at radius 3 is 2.50 bits per heavy atom. The average Bonchev–Trinajstić information content (AvgIpc) is 3.68. The van der Waals surface area contributed by atoms with Crippen LogP contribution in [0.15, 0.2) is 59.4 Å². The van der Waals surface area contributed by atoms with Gasteiger partial charge in [0.25, 0.3) is 0 Å². The number of nitrogens with zero attached hydrogens (tertiary/aromatic N) is 5. The third-order valence-corrected chi connectivity index (χ3v) is 7.05. The Balaban J connectivity index is 1.52. The monoisotopic (exact) mass is 643 g/mol. The zero-order chi connectivity index (χ0) is 32.8. The van der Waals surface area contributed by atoms with E-state index in [2.05, 4.69) is 20.2 Å². The lowest BCUT2D eigenvalue weighted by Crippen LogP contribution is -2.25. The summed E-state index contributed by atoms with van der Waals surface area (Å²) in [5.41, 5.74) is -1.22. The second-order valence-electron chi connectivity index (χ2n) is 10.5. The number of aromatic nitrogens is 5. The lowest BCUT2D eigenvalue weighted by molar-refractivity contribution is -0.147. The molecule has 2 aliphatic rings. The van der Waals surface area contributed by atoms with Crippen molar-refractivity contribution >= 4 is 5.97 Å². The van der Waals surface area contributed by atoms with Crippen LogP contribution in [0.5, 0.6) is 5.75 Å². The largest absolute Gasteiger partial charge is 0.494 e. The van der Waals surface area contributed by atoms with Crippen molar-refractivity contribution in [1.82, 2.24) is 24.9 Å². The summed E-state index contributed by atoms with van der Waals surface area (Å²) >= 11 is 0. The van der Waals surface area contributed by atoms with Crippen LogP contribution in [0, 0.1) is 11.6 Å². The maximum absolute atomic E-state index is 14.4. The van der Waals surface area contributed by atoms with Gasteiger partial charge >= 0.3 is 12.1 Å². The smallest absolute Gasteiger partial charge is 0.417 e. The van der Waals surface area contributed by atoms with E-state index >= 15 is 0 Å². The van der Waals surface area contributed by atoms with Crippen molar-refractivity contribution < 1.29 is 40.7 Å². The predicted octanol–water partition coefficient (Wildman–Crippen LogP) is 7.90. The maximum atomic E-state index is 14.4. The fourth-order valence-electron chi connectivity index (χ4n) is 4.75. The molecule has 5 rings (SSSR count). The quantitative estimate of drug-likeness (QED) is 0.0725. The first-order valence-corrected chi connectivity index (χ1v) is 14.7. The number of halogens is 5. The number of carbonyl (C=O) groups is 1. The number of hydrogen-bond donors (Lipinski definition) is 0. The van der Waals surface area contributed by atoms with E-state index in [1.54, 1.807) is 0 Å². The first-order chi connectivity index (χ1) is 22.1. The maximum Gasteiger partial charge on any atom is 0.417 e. The molecular formula is C32H30F5N5O4. The molecule has 0 bridgehead atoms. The molecule has 2 aromatic carbocycles. The van der Waals surface area contributed by atoms with Gasteiger partial charge in [0.1, 0.15) is 22.8 Å². The molecule has 242 valence electrons. The summed E-state index contributed by atoms with van der Waals surface area (Å²) in [4.78, 5) is 21.9. The van der Waals surface area contributed by atoms with Crippen LogP contribution < -0.4 is 4.74 Å². The molecule has 1 aromatic heterocycles. The normalized spacial score (nSPS) is 12.4. The molecule has 0 saturated carbocycles. The average molecular weight is 644 g/mol. The zero-order valence-corrected chi connectivity index (χ0v) is 25.0. The molecule has 1 atom stereocenters. The van der Waals surface area contributed by atoms with Gasteiger partial charge in [0.05, 0.1) is 36.7 Å². The molecule has 0 amide bonds. The summed E-state index contributed by atoms with van der Waals surface area (Å²) in [7, 11) is 0. The molecule has 3 aromatic rings. The second kappa shape index (κ2) is 14.0. The number of alkyl halides is 3. The number of unbranched alkanes of at least 4 members (excludes halogenated alkanes) is 3. The van der Waals surface area contributed by atoms with E-state index in [1.165, 1.54) is 42.7 Å². The van der Waals surface area contributed by atoms with Crippen molar-refractivity contribution in [1.29, 1.82) is 0 Å². The molecule has 14 heteroatoms. The van der Waals surface area contributed by atoms with Gasteiger partial charge in [0.2, 0.25) is 6.04 Å². The van der Waals surface area contributed by atoms with E-state index in [1.807, 2.05) is 13.8 Å². The molecule has 46 heavy (non-hydrogen) atoms. The fourth-order valence-corrected chi connectivity index (χ4v) is 4.75. The molecule has 2 aliphatic heterocycles. The highest BCUT2D eigenvalue weighted by Crippen LogP contribution is 2.40. The van der Waals surface area contributed by atoms with Gasteiger partial charge in [-0.1, -0.05) is 44.3 Å². The van der Waals surface area contributed by atoms with Crippen molar-refractivity contribution in [2.45, 2.75) is 58.2 Å².